The summed E-state index contributed by atoms with van der Waals surface area (Å²) < 4.78 is 12.0. The number of carbonyl (C=O) groups excluding carboxylic acids is 2. The average molecular weight is 490 g/mol. The summed E-state index contributed by atoms with van der Waals surface area (Å²) in [7, 11) is 0. The minimum absolute atomic E-state index is 0.162. The molecule has 0 aromatic heterocycles. The molecule has 0 aliphatic carbocycles. The molecule has 0 saturated heterocycles. The third-order valence-corrected chi connectivity index (χ3v) is 5.35. The highest BCUT2D eigenvalue weighted by Gasteiger charge is 2.20. The number of nitrogens with one attached hydrogen (secondary N) is 1. The van der Waals surface area contributed by atoms with Gasteiger partial charge in [0.25, 0.3) is 11.8 Å². The van der Waals surface area contributed by atoms with E-state index in [9.17, 15) is 9.59 Å². The fourth-order valence-electron chi connectivity index (χ4n) is 2.64. The lowest BCUT2D eigenvalue weighted by atomic mass is 10.2. The molecule has 0 fully saturated rings. The molecule has 2 aromatic carbocycles. The van der Waals surface area contributed by atoms with E-state index in [2.05, 4.69) is 26.2 Å². The Labute approximate surface area is 186 Å². The van der Waals surface area contributed by atoms with Crippen molar-refractivity contribution in [2.75, 3.05) is 13.2 Å². The Bertz CT molecular complexity index is 1010. The molecule has 1 aliphatic heterocycles. The van der Waals surface area contributed by atoms with Crippen LogP contribution in [0, 0.1) is 0 Å². The molecule has 1 aliphatic rings. The van der Waals surface area contributed by atoms with Gasteiger partial charge in [-0.1, -0.05) is 30.3 Å². The first-order chi connectivity index (χ1) is 14.5. The number of amidine groups is 1. The molecule has 30 heavy (non-hydrogen) atoms. The van der Waals surface area contributed by atoms with E-state index in [1.807, 2.05) is 37.3 Å². The maximum Gasteiger partial charge on any atom is 0.286 e. The van der Waals surface area contributed by atoms with E-state index in [1.54, 1.807) is 18.2 Å². The van der Waals surface area contributed by atoms with E-state index < -0.39 is 0 Å². The highest BCUT2D eigenvalue weighted by molar-refractivity contribution is 9.10. The van der Waals surface area contributed by atoms with E-state index in [4.69, 9.17) is 15.2 Å². The van der Waals surface area contributed by atoms with Crippen LogP contribution in [0.5, 0.6) is 11.5 Å². The number of aliphatic imine (C=N–C) groups is 1. The van der Waals surface area contributed by atoms with Crippen molar-refractivity contribution in [2.24, 2.45) is 10.7 Å². The van der Waals surface area contributed by atoms with Gasteiger partial charge in [0.2, 0.25) is 0 Å². The fraction of sp³-hybridized carbons (Fsp3) is 0.190. The van der Waals surface area contributed by atoms with E-state index in [0.717, 1.165) is 17.3 Å². The van der Waals surface area contributed by atoms with Crippen molar-refractivity contribution in [1.29, 1.82) is 0 Å². The Morgan fingerprint density at radius 2 is 2.03 bits per heavy atom. The molecule has 7 nitrogen and oxygen atoms in total. The summed E-state index contributed by atoms with van der Waals surface area (Å²) in [6, 6.07) is 13.1. The molecule has 0 atom stereocenters. The van der Waals surface area contributed by atoms with Crippen LogP contribution in [-0.2, 0) is 16.1 Å². The first-order valence-electron chi connectivity index (χ1n) is 9.14. The van der Waals surface area contributed by atoms with Crippen LogP contribution in [0.4, 0.5) is 0 Å². The van der Waals surface area contributed by atoms with Gasteiger partial charge >= 0.3 is 0 Å². The molecule has 3 rings (SSSR count). The summed E-state index contributed by atoms with van der Waals surface area (Å²) in [5.74, 6) is 0.246. The van der Waals surface area contributed by atoms with Crippen LogP contribution in [0.3, 0.4) is 0 Å². The number of nitrogens with two attached hydrogens (primary N) is 1. The predicted molar refractivity (Wildman–Crippen MR) is 121 cm³/mol. The van der Waals surface area contributed by atoms with Gasteiger partial charge in [-0.25, -0.2) is 0 Å². The number of rotatable bonds is 8. The quantitative estimate of drug-likeness (QED) is 0.550. The summed E-state index contributed by atoms with van der Waals surface area (Å²) in [4.78, 5) is 28.1. The zero-order valence-corrected chi connectivity index (χ0v) is 18.6. The second-order valence-electron chi connectivity index (χ2n) is 6.18. The zero-order chi connectivity index (χ0) is 21.5. The van der Waals surface area contributed by atoms with Crippen molar-refractivity contribution in [3.63, 3.8) is 0 Å². The second-order valence-corrected chi connectivity index (χ2v) is 8.10. The van der Waals surface area contributed by atoms with Gasteiger partial charge in [-0.15, -0.1) is 0 Å². The van der Waals surface area contributed by atoms with Gasteiger partial charge in [0, 0.05) is 6.54 Å². The summed E-state index contributed by atoms with van der Waals surface area (Å²) in [6.45, 7) is 2.52. The van der Waals surface area contributed by atoms with Crippen LogP contribution in [-0.4, -0.2) is 30.2 Å². The number of thioether (sulfide) groups is 1. The first kappa shape index (κ1) is 21.9. The molecule has 0 bridgehead atoms. The van der Waals surface area contributed by atoms with Gasteiger partial charge in [-0.2, -0.15) is 4.99 Å². The predicted octanol–water partition coefficient (Wildman–Crippen LogP) is 3.47. The van der Waals surface area contributed by atoms with Gasteiger partial charge in [0.15, 0.2) is 23.3 Å². The Morgan fingerprint density at radius 3 is 2.70 bits per heavy atom. The number of ether oxygens (including phenoxy) is 2. The number of amides is 2. The molecule has 0 spiro atoms. The first-order valence-corrected chi connectivity index (χ1v) is 10.7. The molecule has 0 saturated carbocycles. The highest BCUT2D eigenvalue weighted by atomic mass is 79.9. The molecule has 0 unspecified atom stereocenters. The lowest BCUT2D eigenvalue weighted by Gasteiger charge is -2.15. The molecule has 0 radical (unpaired) electrons. The van der Waals surface area contributed by atoms with Crippen LogP contribution < -0.4 is 20.5 Å². The fourth-order valence-corrected chi connectivity index (χ4v) is 3.89. The highest BCUT2D eigenvalue weighted by Crippen LogP contribution is 2.38. The summed E-state index contributed by atoms with van der Waals surface area (Å²) in [5.41, 5.74) is 7.31. The van der Waals surface area contributed by atoms with Crippen LogP contribution in [0.2, 0.25) is 0 Å². The molecule has 3 N–H and O–H groups in total. The maximum absolute atomic E-state index is 12.2. The van der Waals surface area contributed by atoms with Crippen molar-refractivity contribution in [1.82, 2.24) is 5.32 Å². The molecular weight excluding hydrogens is 470 g/mol. The van der Waals surface area contributed by atoms with Gasteiger partial charge in [-0.05, 0) is 64.0 Å². The second kappa shape index (κ2) is 10.3. The van der Waals surface area contributed by atoms with E-state index in [0.29, 0.717) is 39.6 Å². The molecule has 9 heteroatoms. The summed E-state index contributed by atoms with van der Waals surface area (Å²) in [5, 5.41) is 3.03. The normalized spacial score (nSPS) is 14.5. The maximum atomic E-state index is 12.2. The van der Waals surface area contributed by atoms with Crippen molar-refractivity contribution in [3.8, 4) is 11.5 Å². The van der Waals surface area contributed by atoms with Crippen molar-refractivity contribution in [3.05, 3.63) is 63.0 Å². The smallest absolute Gasteiger partial charge is 0.286 e. The van der Waals surface area contributed by atoms with Crippen molar-refractivity contribution < 1.29 is 19.1 Å². The molecule has 156 valence electrons. The third-order valence-electron chi connectivity index (χ3n) is 3.95. The Kier molecular flexibility index (Phi) is 7.53. The largest absolute Gasteiger partial charge is 0.490 e. The number of hydrogen-bond donors (Lipinski definition) is 2. The van der Waals surface area contributed by atoms with Crippen molar-refractivity contribution in [2.45, 2.75) is 13.5 Å². The lowest BCUT2D eigenvalue weighted by molar-refractivity contribution is -0.123. The number of benzene rings is 2. The third kappa shape index (κ3) is 5.87. The molecule has 2 amide bonds. The monoisotopic (exact) mass is 489 g/mol. The average Bonchev–Trinajstić information content (AvgIpc) is 3.03. The number of carbonyl (C=O) groups is 2. The molecular formula is C21H20BrN3O4S. The minimum Gasteiger partial charge on any atom is -0.490 e. The standard InChI is InChI=1S/C21H20BrN3O4S/c1-2-28-16-9-14(10-17-20(27)25-21(23)30-17)8-15(22)19(16)29-12-18(26)24-11-13-6-4-3-5-7-13/h3-10H,2,11-12H2,1H3,(H,24,26)(H2,23,25,27)/b17-10-. The van der Waals surface area contributed by atoms with Gasteiger partial charge in [0.1, 0.15) is 0 Å². The SMILES string of the molecule is CCOc1cc(/C=C2\SC(N)=NC2=O)cc(Br)c1OCC(=O)NCc1ccccc1. The van der Waals surface area contributed by atoms with Crippen LogP contribution in [0.15, 0.2) is 56.8 Å². The Balaban J connectivity index is 1.69. The summed E-state index contributed by atoms with van der Waals surface area (Å²) in [6.07, 6.45) is 1.68. The van der Waals surface area contributed by atoms with Gasteiger partial charge < -0.3 is 20.5 Å². The van der Waals surface area contributed by atoms with Crippen molar-refractivity contribution >= 4 is 50.7 Å². The van der Waals surface area contributed by atoms with Crippen LogP contribution in [0.25, 0.3) is 6.08 Å². The molecule has 1 heterocycles. The zero-order valence-electron chi connectivity index (χ0n) is 16.2. The van der Waals surface area contributed by atoms with E-state index in [-0.39, 0.29) is 23.6 Å². The van der Waals surface area contributed by atoms with E-state index in [1.165, 1.54) is 0 Å². The topological polar surface area (TPSA) is 103 Å². The Hall–Kier alpha value is -2.78. The van der Waals surface area contributed by atoms with E-state index >= 15 is 0 Å². The number of nitrogens with zero attached hydrogens (tertiary/aromatic N) is 1. The van der Waals surface area contributed by atoms with Crippen LogP contribution in [0.1, 0.15) is 18.1 Å². The van der Waals surface area contributed by atoms with Gasteiger partial charge in [0.05, 0.1) is 16.0 Å². The minimum atomic E-state index is -0.373. The summed E-state index contributed by atoms with van der Waals surface area (Å²) >= 11 is 4.57. The number of hydrogen-bond acceptors (Lipinski definition) is 6. The van der Waals surface area contributed by atoms with Crippen LogP contribution >= 0.6 is 27.7 Å². The lowest BCUT2D eigenvalue weighted by Crippen LogP contribution is -2.28. The Morgan fingerprint density at radius 1 is 1.27 bits per heavy atom. The number of halogens is 1. The van der Waals surface area contributed by atoms with Gasteiger partial charge in [-0.3, -0.25) is 9.59 Å². The molecule has 2 aromatic rings.